The molecule has 282 valence electrons. The Labute approximate surface area is 353 Å². The molecule has 12 rings (SSSR count). The van der Waals surface area contributed by atoms with Crippen LogP contribution in [0.25, 0.3) is 109 Å². The normalized spacial score (nSPS) is 11.6. The summed E-state index contributed by atoms with van der Waals surface area (Å²) in [6.45, 7) is 0. The molecule has 8 aromatic carbocycles. The summed E-state index contributed by atoms with van der Waals surface area (Å²) in [5.74, 6) is 0.518. The number of hydrogen-bond acceptors (Lipinski definition) is 5. The number of rotatable bonds is 5. The van der Waals surface area contributed by atoms with Crippen molar-refractivity contribution in [2.24, 2.45) is 0 Å². The minimum atomic E-state index is 0.349. The highest BCUT2D eigenvalue weighted by Gasteiger charge is 2.24. The molecule has 0 fully saturated rings. The Kier molecular flexibility index (Phi) is 7.73. The Hall–Kier alpha value is -8.36. The second kappa shape index (κ2) is 13.6. The van der Waals surface area contributed by atoms with Gasteiger partial charge in [-0.25, -0.2) is 9.97 Å². The van der Waals surface area contributed by atoms with E-state index in [1.807, 2.05) is 66.7 Å². The van der Waals surface area contributed by atoms with E-state index in [4.69, 9.17) is 9.97 Å². The summed E-state index contributed by atoms with van der Waals surface area (Å²) in [5.41, 5.74) is 10.2. The van der Waals surface area contributed by atoms with Crippen LogP contribution in [0.1, 0.15) is 11.1 Å². The van der Waals surface area contributed by atoms with Crippen LogP contribution in [0.4, 0.5) is 0 Å². The van der Waals surface area contributed by atoms with Crippen molar-refractivity contribution >= 4 is 75.1 Å². The van der Waals surface area contributed by atoms with E-state index in [9.17, 15) is 10.5 Å². The summed E-state index contributed by atoms with van der Waals surface area (Å²) in [4.78, 5) is 10.4. The highest BCUT2D eigenvalue weighted by atomic mass is 32.1. The van der Waals surface area contributed by atoms with E-state index < -0.39 is 0 Å². The maximum absolute atomic E-state index is 11.0. The Morgan fingerprint density at radius 3 is 1.77 bits per heavy atom. The van der Waals surface area contributed by atoms with E-state index in [2.05, 4.69) is 137 Å². The Morgan fingerprint density at radius 1 is 0.443 bits per heavy atom. The van der Waals surface area contributed by atoms with Gasteiger partial charge in [-0.1, -0.05) is 121 Å². The molecule has 0 N–H and O–H groups in total. The van der Waals surface area contributed by atoms with Crippen molar-refractivity contribution in [3.05, 3.63) is 193 Å². The van der Waals surface area contributed by atoms with Gasteiger partial charge in [0.15, 0.2) is 5.82 Å². The number of hydrogen-bond donors (Lipinski definition) is 0. The summed E-state index contributed by atoms with van der Waals surface area (Å²) in [5, 5.41) is 28.6. The SMILES string of the molecule is N#Cc1cc(-c2nc(-c3cccc4sc5ccccc5c34)nc(-c3ccccc3)c2C#N)ccc1-n1c2ccccc2c2cc3c4ccccc4n(-c4ccccc4)c3cc21. The predicted octanol–water partition coefficient (Wildman–Crippen LogP) is 13.8. The maximum Gasteiger partial charge on any atom is 0.161 e. The van der Waals surface area contributed by atoms with Gasteiger partial charge in [0.25, 0.3) is 0 Å². The van der Waals surface area contributed by atoms with Crippen LogP contribution in [-0.2, 0) is 0 Å². The van der Waals surface area contributed by atoms with Gasteiger partial charge in [-0.05, 0) is 60.7 Å². The second-order valence-corrected chi connectivity index (χ2v) is 16.2. The third kappa shape index (κ3) is 5.25. The van der Waals surface area contributed by atoms with Crippen LogP contribution in [0.2, 0.25) is 0 Å². The molecular weight excluding hydrogens is 765 g/mol. The zero-order valence-corrected chi connectivity index (χ0v) is 33.2. The lowest BCUT2D eigenvalue weighted by Crippen LogP contribution is -2.03. The molecule has 0 unspecified atom stereocenters. The minimum absolute atomic E-state index is 0.349. The summed E-state index contributed by atoms with van der Waals surface area (Å²) in [6.07, 6.45) is 0. The number of aromatic nitrogens is 4. The van der Waals surface area contributed by atoms with Crippen LogP contribution in [0.15, 0.2) is 182 Å². The van der Waals surface area contributed by atoms with Crippen molar-refractivity contribution in [1.29, 1.82) is 10.5 Å². The molecule has 7 heteroatoms. The Bertz CT molecular complexity index is 3840. The first-order valence-electron chi connectivity index (χ1n) is 20.0. The summed E-state index contributed by atoms with van der Waals surface area (Å²) in [6, 6.07) is 67.2. The summed E-state index contributed by atoms with van der Waals surface area (Å²) >= 11 is 1.74. The van der Waals surface area contributed by atoms with Gasteiger partial charge in [0, 0.05) is 64.1 Å². The molecule has 0 spiro atoms. The van der Waals surface area contributed by atoms with E-state index in [1.165, 1.54) is 10.1 Å². The third-order valence-electron chi connectivity index (χ3n) is 11.8. The van der Waals surface area contributed by atoms with E-state index in [0.717, 1.165) is 76.2 Å². The molecule has 0 atom stereocenters. The molecule has 4 aromatic heterocycles. The van der Waals surface area contributed by atoms with Gasteiger partial charge < -0.3 is 9.13 Å². The zero-order chi connectivity index (χ0) is 40.6. The molecule has 61 heavy (non-hydrogen) atoms. The standard InChI is InChI=1S/C54H30N6S/c55-31-35-28-34(53-43(32-56)52(33-14-3-1-4-15-33)57-54(58-53)40-21-13-25-50-51(40)39-20-9-12-24-49(39)61-50)26-27-44(35)60-46-23-11-8-19-38(46)42-29-41-37-18-7-10-22-45(37)59(47(41)30-48(42)60)36-16-5-2-6-17-36/h1-30H. The van der Waals surface area contributed by atoms with E-state index in [0.29, 0.717) is 33.9 Å². The fourth-order valence-corrected chi connectivity index (χ4v) is 10.3. The lowest BCUT2D eigenvalue weighted by molar-refractivity contribution is 1.15. The van der Waals surface area contributed by atoms with Gasteiger partial charge in [-0.2, -0.15) is 10.5 Å². The first-order valence-corrected chi connectivity index (χ1v) is 20.8. The molecule has 0 bridgehead atoms. The molecule has 12 aromatic rings. The largest absolute Gasteiger partial charge is 0.309 e. The van der Waals surface area contributed by atoms with E-state index in [-0.39, 0.29) is 0 Å². The van der Waals surface area contributed by atoms with Crippen LogP contribution in [-0.4, -0.2) is 19.1 Å². The Balaban J connectivity index is 1.11. The fraction of sp³-hybridized carbons (Fsp3) is 0. The number of benzene rings is 8. The smallest absolute Gasteiger partial charge is 0.161 e. The number of nitriles is 2. The van der Waals surface area contributed by atoms with Crippen molar-refractivity contribution in [3.8, 4) is 57.4 Å². The molecule has 0 aliphatic carbocycles. The van der Waals surface area contributed by atoms with Crippen molar-refractivity contribution in [2.75, 3.05) is 0 Å². The van der Waals surface area contributed by atoms with E-state index in [1.54, 1.807) is 11.3 Å². The van der Waals surface area contributed by atoms with Crippen molar-refractivity contribution in [1.82, 2.24) is 19.1 Å². The monoisotopic (exact) mass is 794 g/mol. The minimum Gasteiger partial charge on any atom is -0.309 e. The quantitative estimate of drug-likeness (QED) is 0.174. The highest BCUT2D eigenvalue weighted by molar-refractivity contribution is 7.25. The molecule has 0 saturated carbocycles. The zero-order valence-electron chi connectivity index (χ0n) is 32.4. The molecule has 0 aliphatic rings. The fourth-order valence-electron chi connectivity index (χ4n) is 9.18. The van der Waals surface area contributed by atoms with Gasteiger partial charge >= 0.3 is 0 Å². The maximum atomic E-state index is 11.0. The summed E-state index contributed by atoms with van der Waals surface area (Å²) < 4.78 is 6.84. The molecule has 4 heterocycles. The first kappa shape index (κ1) is 34.7. The van der Waals surface area contributed by atoms with Crippen LogP contribution < -0.4 is 0 Å². The summed E-state index contributed by atoms with van der Waals surface area (Å²) in [7, 11) is 0. The van der Waals surface area contributed by atoms with Crippen molar-refractivity contribution < 1.29 is 0 Å². The molecule has 0 aliphatic heterocycles. The van der Waals surface area contributed by atoms with Crippen LogP contribution in [0.3, 0.4) is 0 Å². The molecule has 0 amide bonds. The van der Waals surface area contributed by atoms with Gasteiger partial charge in [0.05, 0.1) is 44.7 Å². The van der Waals surface area contributed by atoms with Crippen LogP contribution >= 0.6 is 11.3 Å². The van der Waals surface area contributed by atoms with E-state index >= 15 is 0 Å². The van der Waals surface area contributed by atoms with Gasteiger partial charge in [-0.3, -0.25) is 0 Å². The lowest BCUT2D eigenvalue weighted by Gasteiger charge is -2.15. The molecular formula is C54H30N6S. The van der Waals surface area contributed by atoms with Gasteiger partial charge in [0.2, 0.25) is 0 Å². The van der Waals surface area contributed by atoms with Gasteiger partial charge in [0.1, 0.15) is 17.7 Å². The Morgan fingerprint density at radius 2 is 1.05 bits per heavy atom. The average Bonchev–Trinajstić information content (AvgIpc) is 3.98. The number of para-hydroxylation sites is 3. The van der Waals surface area contributed by atoms with Gasteiger partial charge in [-0.15, -0.1) is 11.3 Å². The molecule has 0 radical (unpaired) electrons. The predicted molar refractivity (Wildman–Crippen MR) is 249 cm³/mol. The first-order chi connectivity index (χ1) is 30.2. The topological polar surface area (TPSA) is 83.2 Å². The highest BCUT2D eigenvalue weighted by Crippen LogP contribution is 2.43. The van der Waals surface area contributed by atoms with Crippen molar-refractivity contribution in [3.63, 3.8) is 0 Å². The average molecular weight is 795 g/mol. The number of fused-ring (bicyclic) bond motifs is 9. The number of thiophene rings is 1. The second-order valence-electron chi connectivity index (χ2n) is 15.1. The molecule has 6 nitrogen and oxygen atoms in total. The van der Waals surface area contributed by atoms with Crippen LogP contribution in [0, 0.1) is 22.7 Å². The molecule has 0 saturated heterocycles. The lowest BCUT2D eigenvalue weighted by atomic mass is 9.98. The number of nitrogens with zero attached hydrogens (tertiary/aromatic N) is 6. The third-order valence-corrected chi connectivity index (χ3v) is 13.0. The van der Waals surface area contributed by atoms with Crippen LogP contribution in [0.5, 0.6) is 0 Å². The van der Waals surface area contributed by atoms with Crippen molar-refractivity contribution in [2.45, 2.75) is 0 Å².